The van der Waals surface area contributed by atoms with E-state index in [1.807, 2.05) is 6.20 Å². The van der Waals surface area contributed by atoms with Crippen LogP contribution in [-0.4, -0.2) is 37.0 Å². The van der Waals surface area contributed by atoms with Crippen molar-refractivity contribution in [3.05, 3.63) is 65.9 Å². The first kappa shape index (κ1) is 16.8. The maximum atomic E-state index is 13.1. The molecule has 27 heavy (non-hydrogen) atoms. The lowest BCUT2D eigenvalue weighted by molar-refractivity contribution is 0.402. The fourth-order valence-corrected chi connectivity index (χ4v) is 2.78. The van der Waals surface area contributed by atoms with Crippen LogP contribution < -0.4 is 10.1 Å². The van der Waals surface area contributed by atoms with Crippen LogP contribution in [0.3, 0.4) is 0 Å². The maximum Gasteiger partial charge on any atom is 0.226 e. The number of hydrogen-bond donors (Lipinski definition) is 2. The molecule has 0 spiro atoms. The molecule has 0 amide bonds. The van der Waals surface area contributed by atoms with Gasteiger partial charge in [-0.3, -0.25) is 4.98 Å². The van der Waals surface area contributed by atoms with Gasteiger partial charge in [0.15, 0.2) is 0 Å². The molecule has 0 aliphatic carbocycles. The molecule has 0 aliphatic heterocycles. The van der Waals surface area contributed by atoms with Crippen LogP contribution >= 0.6 is 0 Å². The average molecular weight is 365 g/mol. The van der Waals surface area contributed by atoms with Crippen LogP contribution in [0.2, 0.25) is 0 Å². The van der Waals surface area contributed by atoms with Crippen molar-refractivity contribution < 1.29 is 9.13 Å². The van der Waals surface area contributed by atoms with E-state index in [-0.39, 0.29) is 5.82 Å². The fourth-order valence-electron chi connectivity index (χ4n) is 2.78. The zero-order valence-corrected chi connectivity index (χ0v) is 14.5. The standard InChI is InChI=1S/C18H16FN7O/c1-27-17-15-13(8-21-16(15)25-10-26-17)2-11-5-22-18(23-6-11)24-7-12-3-14(19)9-20-4-12/h3-6,8-10H,2,7H2,1H3,(H,21,25,26)(H,22,23,24). The number of nitrogens with zero attached hydrogens (tertiary/aromatic N) is 5. The van der Waals surface area contributed by atoms with Crippen LogP contribution in [0.1, 0.15) is 16.7 Å². The summed E-state index contributed by atoms with van der Waals surface area (Å²) in [7, 11) is 1.58. The first-order chi connectivity index (χ1) is 13.2. The molecule has 2 N–H and O–H groups in total. The van der Waals surface area contributed by atoms with Gasteiger partial charge in [-0.25, -0.2) is 24.3 Å². The first-order valence-electron chi connectivity index (χ1n) is 8.22. The fraction of sp³-hybridized carbons (Fsp3) is 0.167. The molecule has 0 saturated heterocycles. The summed E-state index contributed by atoms with van der Waals surface area (Å²) >= 11 is 0. The summed E-state index contributed by atoms with van der Waals surface area (Å²) in [6.07, 6.45) is 10.2. The van der Waals surface area contributed by atoms with E-state index in [0.29, 0.717) is 30.4 Å². The van der Waals surface area contributed by atoms with Gasteiger partial charge in [-0.1, -0.05) is 0 Å². The van der Waals surface area contributed by atoms with Gasteiger partial charge in [0.1, 0.15) is 17.8 Å². The number of pyridine rings is 1. The first-order valence-corrected chi connectivity index (χ1v) is 8.22. The largest absolute Gasteiger partial charge is 0.480 e. The summed E-state index contributed by atoms with van der Waals surface area (Å²) in [4.78, 5) is 23.9. The number of halogens is 1. The number of ether oxygens (including phenoxy) is 1. The minimum atomic E-state index is -0.372. The van der Waals surface area contributed by atoms with Crippen LogP contribution in [-0.2, 0) is 13.0 Å². The van der Waals surface area contributed by atoms with E-state index in [4.69, 9.17) is 4.74 Å². The summed E-state index contributed by atoms with van der Waals surface area (Å²) < 4.78 is 18.5. The number of H-pyrrole nitrogens is 1. The number of aromatic nitrogens is 6. The Kier molecular flexibility index (Phi) is 4.56. The number of nitrogens with one attached hydrogen (secondary N) is 2. The molecule has 9 heteroatoms. The van der Waals surface area contributed by atoms with Crippen molar-refractivity contribution in [3.63, 3.8) is 0 Å². The maximum absolute atomic E-state index is 13.1. The molecule has 4 aromatic heterocycles. The highest BCUT2D eigenvalue weighted by atomic mass is 19.1. The minimum Gasteiger partial charge on any atom is -0.480 e. The molecule has 0 aliphatic rings. The molecular weight excluding hydrogens is 349 g/mol. The summed E-state index contributed by atoms with van der Waals surface area (Å²) in [6, 6.07) is 1.42. The van der Waals surface area contributed by atoms with Gasteiger partial charge in [0.25, 0.3) is 0 Å². The second-order valence-corrected chi connectivity index (χ2v) is 5.88. The predicted octanol–water partition coefficient (Wildman–Crippen LogP) is 2.49. The quantitative estimate of drug-likeness (QED) is 0.541. The average Bonchev–Trinajstić information content (AvgIpc) is 3.10. The van der Waals surface area contributed by atoms with Crippen molar-refractivity contribution in [2.75, 3.05) is 12.4 Å². The van der Waals surface area contributed by atoms with Crippen LogP contribution in [0.25, 0.3) is 11.0 Å². The Hall–Kier alpha value is -3.62. The molecule has 4 aromatic rings. The van der Waals surface area contributed by atoms with E-state index in [1.165, 1.54) is 18.6 Å². The molecule has 4 rings (SSSR count). The second kappa shape index (κ2) is 7.32. The van der Waals surface area contributed by atoms with Gasteiger partial charge >= 0.3 is 0 Å². The molecule has 0 fully saturated rings. The molecule has 0 atom stereocenters. The van der Waals surface area contributed by atoms with Crippen LogP contribution in [0.15, 0.2) is 43.4 Å². The third-order valence-electron chi connectivity index (χ3n) is 4.02. The SMILES string of the molecule is COc1ncnc2[nH]cc(Cc3cnc(NCc4cncc(F)c4)nc3)c12. The van der Waals surface area contributed by atoms with E-state index >= 15 is 0 Å². The molecule has 0 aromatic carbocycles. The summed E-state index contributed by atoms with van der Waals surface area (Å²) in [5.41, 5.74) is 3.37. The van der Waals surface area contributed by atoms with E-state index in [9.17, 15) is 4.39 Å². The lowest BCUT2D eigenvalue weighted by atomic mass is 10.1. The van der Waals surface area contributed by atoms with Crippen molar-refractivity contribution in [2.24, 2.45) is 0 Å². The monoisotopic (exact) mass is 365 g/mol. The Labute approximate surface area is 153 Å². The third-order valence-corrected chi connectivity index (χ3v) is 4.02. The zero-order valence-electron chi connectivity index (χ0n) is 14.5. The Bertz CT molecular complexity index is 1060. The molecular formula is C18H16FN7O. The molecule has 0 saturated carbocycles. The lowest BCUT2D eigenvalue weighted by Gasteiger charge is -2.06. The Balaban J connectivity index is 1.47. The Morgan fingerprint density at radius 2 is 1.93 bits per heavy atom. The van der Waals surface area contributed by atoms with Crippen LogP contribution in [0, 0.1) is 5.82 Å². The second-order valence-electron chi connectivity index (χ2n) is 5.88. The predicted molar refractivity (Wildman–Crippen MR) is 96.8 cm³/mol. The van der Waals surface area contributed by atoms with Crippen molar-refractivity contribution >= 4 is 17.0 Å². The smallest absolute Gasteiger partial charge is 0.226 e. The normalized spacial score (nSPS) is 10.9. The van der Waals surface area contributed by atoms with E-state index in [2.05, 4.69) is 35.2 Å². The molecule has 0 radical (unpaired) electrons. The zero-order chi connectivity index (χ0) is 18.6. The number of anilines is 1. The Morgan fingerprint density at radius 1 is 1.07 bits per heavy atom. The molecule has 0 bridgehead atoms. The van der Waals surface area contributed by atoms with Gasteiger partial charge in [-0.05, 0) is 22.8 Å². The lowest BCUT2D eigenvalue weighted by Crippen LogP contribution is -2.04. The van der Waals surface area contributed by atoms with Gasteiger partial charge in [-0.15, -0.1) is 0 Å². The van der Waals surface area contributed by atoms with Crippen LogP contribution in [0.5, 0.6) is 5.88 Å². The van der Waals surface area contributed by atoms with E-state index in [0.717, 1.165) is 22.2 Å². The molecule has 8 nitrogen and oxygen atoms in total. The topological polar surface area (TPSA) is 102 Å². The highest BCUT2D eigenvalue weighted by molar-refractivity contribution is 5.84. The van der Waals surface area contributed by atoms with Gasteiger partial charge in [0.2, 0.25) is 11.8 Å². The summed E-state index contributed by atoms with van der Waals surface area (Å²) in [6.45, 7) is 0.390. The summed E-state index contributed by atoms with van der Waals surface area (Å²) in [5, 5.41) is 3.90. The van der Waals surface area contributed by atoms with Crippen molar-refractivity contribution in [3.8, 4) is 5.88 Å². The number of hydrogen-bond acceptors (Lipinski definition) is 7. The number of rotatable bonds is 6. The van der Waals surface area contributed by atoms with Gasteiger partial charge in [-0.2, -0.15) is 0 Å². The molecule has 0 unspecified atom stereocenters. The van der Waals surface area contributed by atoms with Gasteiger partial charge in [0, 0.05) is 37.8 Å². The van der Waals surface area contributed by atoms with Crippen molar-refractivity contribution in [2.45, 2.75) is 13.0 Å². The van der Waals surface area contributed by atoms with Crippen molar-refractivity contribution in [1.29, 1.82) is 0 Å². The van der Waals surface area contributed by atoms with E-state index in [1.54, 1.807) is 25.7 Å². The number of aromatic amines is 1. The summed E-state index contributed by atoms with van der Waals surface area (Å²) in [5.74, 6) is 0.616. The minimum absolute atomic E-state index is 0.372. The molecule has 136 valence electrons. The van der Waals surface area contributed by atoms with Crippen molar-refractivity contribution in [1.82, 2.24) is 29.9 Å². The number of methoxy groups -OCH3 is 1. The highest BCUT2D eigenvalue weighted by Gasteiger charge is 2.12. The highest BCUT2D eigenvalue weighted by Crippen LogP contribution is 2.26. The van der Waals surface area contributed by atoms with Gasteiger partial charge in [0.05, 0.1) is 18.7 Å². The van der Waals surface area contributed by atoms with Crippen LogP contribution in [0.4, 0.5) is 10.3 Å². The molecule has 4 heterocycles. The third kappa shape index (κ3) is 3.66. The Morgan fingerprint density at radius 3 is 2.70 bits per heavy atom. The van der Waals surface area contributed by atoms with E-state index < -0.39 is 0 Å². The van der Waals surface area contributed by atoms with Gasteiger partial charge < -0.3 is 15.0 Å². The number of fused-ring (bicyclic) bond motifs is 1.